The first-order valence-electron chi connectivity index (χ1n) is 13.2. The Morgan fingerprint density at radius 1 is 1.17 bits per heavy atom. The molecule has 2 atom stereocenters. The van der Waals surface area contributed by atoms with Crippen molar-refractivity contribution in [3.05, 3.63) is 64.7 Å². The van der Waals surface area contributed by atoms with Gasteiger partial charge in [-0.1, -0.05) is 12.0 Å². The molecular formula is C30H28F3N5O3. The molecule has 5 rings (SSSR count). The first kappa shape index (κ1) is 28.0. The Bertz CT molecular complexity index is 1580. The van der Waals surface area contributed by atoms with Crippen molar-refractivity contribution in [1.29, 1.82) is 0 Å². The lowest BCUT2D eigenvalue weighted by Crippen LogP contribution is -2.38. The van der Waals surface area contributed by atoms with Crippen LogP contribution in [0.4, 0.5) is 24.7 Å². The number of likely N-dealkylation sites (tertiary alicyclic amines) is 1. The Hall–Kier alpha value is -4.59. The van der Waals surface area contributed by atoms with Crippen LogP contribution < -0.4 is 15.8 Å². The smallest absolute Gasteiger partial charge is 0.318 e. The van der Waals surface area contributed by atoms with Crippen molar-refractivity contribution >= 4 is 23.3 Å². The normalized spacial score (nSPS) is 18.0. The number of nitrogens with one attached hydrogen (secondary N) is 1. The molecule has 0 bridgehead atoms. The third kappa shape index (κ3) is 6.27. The van der Waals surface area contributed by atoms with Crippen molar-refractivity contribution in [2.45, 2.75) is 51.2 Å². The molecule has 41 heavy (non-hydrogen) atoms. The van der Waals surface area contributed by atoms with Gasteiger partial charge in [0.25, 0.3) is 11.8 Å². The first-order chi connectivity index (χ1) is 19.6. The van der Waals surface area contributed by atoms with Gasteiger partial charge in [0.1, 0.15) is 30.2 Å². The van der Waals surface area contributed by atoms with Gasteiger partial charge >= 0.3 is 6.01 Å². The number of hydrogen-bond donors (Lipinski definition) is 2. The molecule has 212 valence electrons. The monoisotopic (exact) mass is 563 g/mol. The number of amides is 2. The van der Waals surface area contributed by atoms with Gasteiger partial charge in [0.15, 0.2) is 0 Å². The van der Waals surface area contributed by atoms with Crippen molar-refractivity contribution in [3.63, 3.8) is 0 Å². The van der Waals surface area contributed by atoms with Gasteiger partial charge in [-0.2, -0.15) is 9.97 Å². The van der Waals surface area contributed by atoms with Crippen molar-refractivity contribution in [1.82, 2.24) is 14.9 Å². The maximum atomic E-state index is 14.7. The van der Waals surface area contributed by atoms with E-state index in [2.05, 4.69) is 27.1 Å². The minimum atomic E-state index is -1.21. The lowest BCUT2D eigenvalue weighted by Gasteiger charge is -2.21. The molecule has 2 aliphatic rings. The van der Waals surface area contributed by atoms with E-state index in [1.54, 1.807) is 13.0 Å². The molecular weight excluding hydrogens is 535 g/mol. The van der Waals surface area contributed by atoms with E-state index in [1.807, 2.05) is 0 Å². The number of rotatable bonds is 7. The number of nitrogen functional groups attached to an aromatic ring is 1. The summed E-state index contributed by atoms with van der Waals surface area (Å²) in [5.41, 5.74) is 7.76. The highest BCUT2D eigenvalue weighted by Gasteiger charge is 2.35. The van der Waals surface area contributed by atoms with Gasteiger partial charge in [-0.15, -0.1) is 0 Å². The quantitative estimate of drug-likeness (QED) is 0.401. The van der Waals surface area contributed by atoms with Gasteiger partial charge in [0.05, 0.1) is 23.8 Å². The van der Waals surface area contributed by atoms with Crippen LogP contribution >= 0.6 is 0 Å². The Kier molecular flexibility index (Phi) is 7.83. The highest BCUT2D eigenvalue weighted by atomic mass is 19.1. The van der Waals surface area contributed by atoms with E-state index in [4.69, 9.17) is 10.5 Å². The minimum absolute atomic E-state index is 0.0247. The number of aromatic nitrogens is 2. The molecule has 1 saturated heterocycles. The molecule has 1 aromatic heterocycles. The van der Waals surface area contributed by atoms with E-state index in [0.29, 0.717) is 17.0 Å². The number of nitrogens with two attached hydrogens (primary N) is 1. The van der Waals surface area contributed by atoms with Crippen molar-refractivity contribution in [2.75, 3.05) is 24.2 Å². The lowest BCUT2D eigenvalue weighted by atomic mass is 10.0. The molecule has 3 aromatic rings. The molecule has 2 heterocycles. The van der Waals surface area contributed by atoms with Crippen LogP contribution in [0.15, 0.2) is 36.4 Å². The number of halogens is 3. The number of nitrogens with zero attached hydrogens (tertiary/aromatic N) is 3. The number of anilines is 2. The molecule has 3 N–H and O–H groups in total. The first-order valence-corrected chi connectivity index (χ1v) is 13.2. The van der Waals surface area contributed by atoms with Crippen molar-refractivity contribution in [3.8, 4) is 29.1 Å². The minimum Gasteiger partial charge on any atom is -0.461 e. The van der Waals surface area contributed by atoms with E-state index < -0.39 is 35.7 Å². The standard InChI is InChI=1S/C30H28F3N5O3/c1-3-4-28(39)38-14-20(32)10-21(38)15-41-30-36-26(13-27(34)37-30)23-11-19(31)12-25(16(23)2)35-29(40)22-8-7-18(9-24(22)33)17-5-6-17/h7-9,11-13,17,20-21H,5-6,10,14-15H2,1-2H3,(H,35,40)(H2,34,36,37)/t20-,21+/m1/s1. The highest BCUT2D eigenvalue weighted by molar-refractivity contribution is 6.05. The Balaban J connectivity index is 1.36. The summed E-state index contributed by atoms with van der Waals surface area (Å²) in [6.07, 6.45) is 0.863. The number of benzene rings is 2. The fourth-order valence-corrected chi connectivity index (χ4v) is 4.91. The van der Waals surface area contributed by atoms with E-state index in [1.165, 1.54) is 36.1 Å². The highest BCUT2D eigenvalue weighted by Crippen LogP contribution is 2.40. The van der Waals surface area contributed by atoms with Crippen LogP contribution in [0, 0.1) is 30.4 Å². The third-order valence-electron chi connectivity index (χ3n) is 7.17. The van der Waals surface area contributed by atoms with Crippen LogP contribution in [0.2, 0.25) is 0 Å². The summed E-state index contributed by atoms with van der Waals surface area (Å²) in [4.78, 5) is 34.8. The zero-order chi connectivity index (χ0) is 29.3. The second kappa shape index (κ2) is 11.5. The van der Waals surface area contributed by atoms with Crippen molar-refractivity contribution < 1.29 is 27.5 Å². The van der Waals surface area contributed by atoms with Gasteiger partial charge in [-0.05, 0) is 73.9 Å². The van der Waals surface area contributed by atoms with Crippen LogP contribution in [0.3, 0.4) is 0 Å². The summed E-state index contributed by atoms with van der Waals surface area (Å²) in [5, 5.41) is 2.60. The third-order valence-corrected chi connectivity index (χ3v) is 7.17. The molecule has 1 saturated carbocycles. The topological polar surface area (TPSA) is 110 Å². The number of hydrogen-bond acceptors (Lipinski definition) is 6. The van der Waals surface area contributed by atoms with Crippen LogP contribution in [0.25, 0.3) is 11.3 Å². The molecule has 2 fully saturated rings. The summed E-state index contributed by atoms with van der Waals surface area (Å²) >= 11 is 0. The lowest BCUT2D eigenvalue weighted by molar-refractivity contribution is -0.126. The Morgan fingerprint density at radius 3 is 2.66 bits per heavy atom. The fourth-order valence-electron chi connectivity index (χ4n) is 4.91. The average Bonchev–Trinajstić information content (AvgIpc) is 3.70. The second-order valence-corrected chi connectivity index (χ2v) is 10.2. The van der Waals surface area contributed by atoms with Crippen LogP contribution in [-0.2, 0) is 4.79 Å². The van der Waals surface area contributed by atoms with E-state index in [0.717, 1.165) is 24.5 Å². The largest absolute Gasteiger partial charge is 0.461 e. The molecule has 0 spiro atoms. The zero-order valence-corrected chi connectivity index (χ0v) is 22.5. The van der Waals surface area contributed by atoms with E-state index in [-0.39, 0.29) is 48.3 Å². The molecule has 0 radical (unpaired) electrons. The van der Waals surface area contributed by atoms with Gasteiger partial charge < -0.3 is 20.7 Å². The number of carbonyl (C=O) groups is 2. The summed E-state index contributed by atoms with van der Waals surface area (Å²) in [7, 11) is 0. The second-order valence-electron chi connectivity index (χ2n) is 10.2. The Morgan fingerprint density at radius 2 is 1.95 bits per heavy atom. The predicted octanol–water partition coefficient (Wildman–Crippen LogP) is 4.78. The van der Waals surface area contributed by atoms with Gasteiger partial charge in [-0.25, -0.2) is 13.2 Å². The van der Waals surface area contributed by atoms with Crippen molar-refractivity contribution in [2.24, 2.45) is 0 Å². The van der Waals surface area contributed by atoms with Crippen LogP contribution in [-0.4, -0.2) is 52.0 Å². The SMILES string of the molecule is CC#CC(=O)N1C[C@H](F)C[C@H]1COc1nc(N)cc(-c2cc(F)cc(NC(=O)c3ccc(C4CC4)cc3F)c2C)n1. The summed E-state index contributed by atoms with van der Waals surface area (Å²) < 4.78 is 49.2. The molecule has 0 unspecified atom stereocenters. The van der Waals surface area contributed by atoms with Gasteiger partial charge in [0.2, 0.25) is 0 Å². The number of carbonyl (C=O) groups excluding carboxylic acids is 2. The predicted molar refractivity (Wildman–Crippen MR) is 147 cm³/mol. The fraction of sp³-hybridized carbons (Fsp3) is 0.333. The van der Waals surface area contributed by atoms with Gasteiger partial charge in [0, 0.05) is 23.7 Å². The molecule has 1 aliphatic heterocycles. The summed E-state index contributed by atoms with van der Waals surface area (Å²) in [6.45, 7) is 2.98. The van der Waals surface area contributed by atoms with Gasteiger partial charge in [-0.3, -0.25) is 9.59 Å². The average molecular weight is 564 g/mol. The maximum absolute atomic E-state index is 14.7. The Labute approximate surface area is 235 Å². The summed E-state index contributed by atoms with van der Waals surface area (Å²) in [6, 6.07) is 7.57. The van der Waals surface area contributed by atoms with Crippen LogP contribution in [0.5, 0.6) is 6.01 Å². The van der Waals surface area contributed by atoms with Crippen LogP contribution in [0.1, 0.15) is 53.6 Å². The zero-order valence-electron chi connectivity index (χ0n) is 22.5. The maximum Gasteiger partial charge on any atom is 0.318 e. The molecule has 8 nitrogen and oxygen atoms in total. The molecule has 1 aliphatic carbocycles. The van der Waals surface area contributed by atoms with E-state index in [9.17, 15) is 22.8 Å². The number of ether oxygens (including phenoxy) is 1. The molecule has 2 aromatic carbocycles. The van der Waals surface area contributed by atoms with E-state index >= 15 is 0 Å². The summed E-state index contributed by atoms with van der Waals surface area (Å²) in [5.74, 6) is 2.74. The molecule has 2 amide bonds. The number of alkyl halides is 1. The molecule has 11 heteroatoms.